The molecule has 3 aromatic rings. The molecule has 0 aliphatic carbocycles. The molecular formula is C22H22ClFN2O2. The highest BCUT2D eigenvalue weighted by molar-refractivity contribution is 6.31. The summed E-state index contributed by atoms with van der Waals surface area (Å²) in [6, 6.07) is 9.96. The van der Waals surface area contributed by atoms with Crippen LogP contribution in [0.25, 0.3) is 10.9 Å². The van der Waals surface area contributed by atoms with Crippen molar-refractivity contribution >= 4 is 28.8 Å². The minimum absolute atomic E-state index is 0.195. The molecule has 4 nitrogen and oxygen atoms in total. The van der Waals surface area contributed by atoms with Gasteiger partial charge in [0.25, 0.3) is 0 Å². The van der Waals surface area contributed by atoms with Gasteiger partial charge in [0.15, 0.2) is 0 Å². The Labute approximate surface area is 168 Å². The molecule has 0 amide bonds. The van der Waals surface area contributed by atoms with Crippen LogP contribution in [0.4, 0.5) is 4.39 Å². The minimum Gasteiger partial charge on any atom is -0.386 e. The monoisotopic (exact) mass is 400 g/mol. The number of nitrogens with zero attached hydrogens (tertiary/aromatic N) is 2. The van der Waals surface area contributed by atoms with Crippen molar-refractivity contribution in [2.45, 2.75) is 25.5 Å². The van der Waals surface area contributed by atoms with Crippen molar-refractivity contribution in [2.75, 3.05) is 20.1 Å². The van der Waals surface area contributed by atoms with E-state index < -0.39 is 11.9 Å². The molecule has 0 saturated heterocycles. The van der Waals surface area contributed by atoms with E-state index in [0.29, 0.717) is 11.3 Å². The Balaban J connectivity index is 1.77. The van der Waals surface area contributed by atoms with E-state index in [9.17, 15) is 14.3 Å². The lowest BCUT2D eigenvalue weighted by molar-refractivity contribution is 0.112. The third-order valence-electron chi connectivity index (χ3n) is 5.60. The number of aliphatic hydroxyl groups is 1. The number of aldehydes is 1. The van der Waals surface area contributed by atoms with Gasteiger partial charge in [0.05, 0.1) is 12.6 Å². The molecule has 146 valence electrons. The summed E-state index contributed by atoms with van der Waals surface area (Å²) in [5.74, 6) is -0.567. The fourth-order valence-electron chi connectivity index (χ4n) is 4.09. The molecule has 0 spiro atoms. The predicted molar refractivity (Wildman–Crippen MR) is 109 cm³/mol. The van der Waals surface area contributed by atoms with Gasteiger partial charge in [-0.25, -0.2) is 4.39 Å². The van der Waals surface area contributed by atoms with Crippen LogP contribution in [0.5, 0.6) is 0 Å². The maximum absolute atomic E-state index is 14.4. The lowest BCUT2D eigenvalue weighted by atomic mass is 10.1. The predicted octanol–water partition coefficient (Wildman–Crippen LogP) is 4.01. The zero-order valence-corrected chi connectivity index (χ0v) is 16.4. The van der Waals surface area contributed by atoms with Crippen LogP contribution in [-0.4, -0.2) is 41.0 Å². The average Bonchev–Trinajstić information content (AvgIpc) is 2.81. The molecule has 0 bridgehead atoms. The van der Waals surface area contributed by atoms with E-state index >= 15 is 0 Å². The van der Waals surface area contributed by atoms with Crippen molar-refractivity contribution in [3.63, 3.8) is 0 Å². The van der Waals surface area contributed by atoms with E-state index in [-0.39, 0.29) is 17.7 Å². The number of carbonyl (C=O) groups excluding carboxylic acids is 1. The van der Waals surface area contributed by atoms with Crippen LogP contribution in [0.15, 0.2) is 36.4 Å². The first kappa shape index (κ1) is 19.1. The van der Waals surface area contributed by atoms with Gasteiger partial charge in [-0.2, -0.15) is 0 Å². The molecule has 1 N–H and O–H groups in total. The molecule has 0 fully saturated rings. The quantitative estimate of drug-likeness (QED) is 0.673. The Morgan fingerprint density at radius 2 is 2.00 bits per heavy atom. The van der Waals surface area contributed by atoms with Crippen molar-refractivity contribution in [1.29, 1.82) is 0 Å². The lowest BCUT2D eigenvalue weighted by Gasteiger charge is -2.18. The number of hydrogen-bond donors (Lipinski definition) is 1. The number of halogens is 2. The van der Waals surface area contributed by atoms with Crippen LogP contribution in [0.3, 0.4) is 0 Å². The summed E-state index contributed by atoms with van der Waals surface area (Å²) < 4.78 is 16.5. The molecule has 1 aromatic heterocycles. The smallest absolute Gasteiger partial charge is 0.150 e. The van der Waals surface area contributed by atoms with Gasteiger partial charge in [-0.1, -0.05) is 23.7 Å². The second kappa shape index (κ2) is 7.66. The van der Waals surface area contributed by atoms with E-state index in [1.165, 1.54) is 23.4 Å². The Bertz CT molecular complexity index is 1050. The molecule has 28 heavy (non-hydrogen) atoms. The first-order valence-corrected chi connectivity index (χ1v) is 9.76. The maximum atomic E-state index is 14.4. The van der Waals surface area contributed by atoms with Gasteiger partial charge >= 0.3 is 0 Å². The van der Waals surface area contributed by atoms with Crippen molar-refractivity contribution in [1.82, 2.24) is 9.47 Å². The van der Waals surface area contributed by atoms with Crippen molar-refractivity contribution in [3.8, 4) is 0 Å². The number of benzene rings is 2. The van der Waals surface area contributed by atoms with Crippen LogP contribution < -0.4 is 0 Å². The molecule has 2 heterocycles. The highest BCUT2D eigenvalue weighted by Crippen LogP contribution is 2.33. The number of hydrogen-bond acceptors (Lipinski definition) is 3. The molecule has 6 heteroatoms. The molecule has 2 aromatic carbocycles. The van der Waals surface area contributed by atoms with Crippen molar-refractivity contribution in [3.05, 3.63) is 69.6 Å². The van der Waals surface area contributed by atoms with E-state index in [4.69, 9.17) is 11.6 Å². The van der Waals surface area contributed by atoms with Gasteiger partial charge in [-0.05, 0) is 43.3 Å². The number of likely N-dealkylation sites (N-methyl/N-ethyl adjacent to an activating group) is 1. The van der Waals surface area contributed by atoms with Gasteiger partial charge in [0, 0.05) is 52.3 Å². The zero-order valence-electron chi connectivity index (χ0n) is 15.7. The Morgan fingerprint density at radius 1 is 1.21 bits per heavy atom. The fourth-order valence-corrected chi connectivity index (χ4v) is 4.26. The van der Waals surface area contributed by atoms with E-state index in [0.717, 1.165) is 42.9 Å². The highest BCUT2D eigenvalue weighted by Gasteiger charge is 2.23. The second-order valence-electron chi connectivity index (χ2n) is 7.42. The van der Waals surface area contributed by atoms with Gasteiger partial charge in [0.1, 0.15) is 12.1 Å². The Morgan fingerprint density at radius 3 is 2.75 bits per heavy atom. The lowest BCUT2D eigenvalue weighted by Crippen LogP contribution is -2.21. The van der Waals surface area contributed by atoms with Crippen molar-refractivity contribution < 1.29 is 14.3 Å². The first-order valence-electron chi connectivity index (χ1n) is 9.38. The van der Waals surface area contributed by atoms with Crippen LogP contribution >= 0.6 is 11.6 Å². The summed E-state index contributed by atoms with van der Waals surface area (Å²) in [6.45, 7) is 2.13. The Kier molecular flexibility index (Phi) is 5.23. The molecule has 1 atom stereocenters. The van der Waals surface area contributed by atoms with E-state index in [1.54, 1.807) is 0 Å². The van der Waals surface area contributed by atoms with Crippen LogP contribution in [0, 0.1) is 5.82 Å². The van der Waals surface area contributed by atoms with Crippen LogP contribution in [0.2, 0.25) is 5.02 Å². The third-order valence-corrected chi connectivity index (χ3v) is 5.83. The summed E-state index contributed by atoms with van der Waals surface area (Å²) >= 11 is 6.24. The topological polar surface area (TPSA) is 45.5 Å². The summed E-state index contributed by atoms with van der Waals surface area (Å²) in [7, 11) is 2.10. The maximum Gasteiger partial charge on any atom is 0.150 e. The highest BCUT2D eigenvalue weighted by atomic mass is 35.5. The van der Waals surface area contributed by atoms with E-state index in [1.807, 2.05) is 18.2 Å². The van der Waals surface area contributed by atoms with Gasteiger partial charge in [-0.3, -0.25) is 4.79 Å². The van der Waals surface area contributed by atoms with Gasteiger partial charge < -0.3 is 14.6 Å². The standard InChI is InChI=1S/C22H22ClFN2O2/c1-25-8-6-16-18-11-15(23)3-5-20(18)26(21(16)7-9-25)12-22(28)17-4-2-14(13-27)10-19(17)24/h2-5,10-11,13,22,28H,6-9,12H2,1H3. The number of fused-ring (bicyclic) bond motifs is 3. The third kappa shape index (κ3) is 3.46. The molecule has 0 radical (unpaired) electrons. The SMILES string of the molecule is CN1CCc2c(n(CC(O)c3ccc(C=O)cc3F)c3ccc(Cl)cc23)CC1. The average molecular weight is 401 g/mol. The molecule has 1 aliphatic rings. The summed E-state index contributed by atoms with van der Waals surface area (Å²) in [6.07, 6.45) is 1.35. The van der Waals surface area contributed by atoms with E-state index in [2.05, 4.69) is 16.5 Å². The zero-order chi connectivity index (χ0) is 19.8. The molecule has 1 aliphatic heterocycles. The largest absolute Gasteiger partial charge is 0.386 e. The van der Waals surface area contributed by atoms with Crippen molar-refractivity contribution in [2.24, 2.45) is 0 Å². The Hall–Kier alpha value is -2.21. The minimum atomic E-state index is -1.02. The molecule has 0 saturated carbocycles. The van der Waals surface area contributed by atoms with Crippen LogP contribution in [0.1, 0.15) is 33.3 Å². The molecule has 4 rings (SSSR count). The number of carbonyl (C=O) groups is 1. The first-order chi connectivity index (χ1) is 13.5. The summed E-state index contributed by atoms with van der Waals surface area (Å²) in [5.41, 5.74) is 3.88. The normalized spacial score (nSPS) is 16.0. The van der Waals surface area contributed by atoms with Gasteiger partial charge in [-0.15, -0.1) is 0 Å². The summed E-state index contributed by atoms with van der Waals surface area (Å²) in [5, 5.41) is 12.6. The van der Waals surface area contributed by atoms with Crippen LogP contribution in [-0.2, 0) is 19.4 Å². The summed E-state index contributed by atoms with van der Waals surface area (Å²) in [4.78, 5) is 13.1. The molecule has 1 unspecified atom stereocenters. The van der Waals surface area contributed by atoms with Gasteiger partial charge in [0.2, 0.25) is 0 Å². The number of rotatable bonds is 4. The fraction of sp³-hybridized carbons (Fsp3) is 0.318. The number of aromatic nitrogens is 1. The second-order valence-corrected chi connectivity index (χ2v) is 7.85. The number of aliphatic hydroxyl groups excluding tert-OH is 1. The molecular weight excluding hydrogens is 379 g/mol.